The number of benzene rings is 8. The van der Waals surface area contributed by atoms with Gasteiger partial charge in [-0.3, -0.25) is 0 Å². The Morgan fingerprint density at radius 3 is 1.80 bits per heavy atom. The van der Waals surface area contributed by atoms with Crippen molar-refractivity contribution in [3.05, 3.63) is 164 Å². The molecule has 0 saturated heterocycles. The molecule has 1 aromatic heterocycles. The second-order valence-electron chi connectivity index (χ2n) is 11.4. The standard InChI is InChI=1S/C42H27NO/c1-2-11-29(12-3-1)35-21-22-40(37-17-9-8-16-36(35)37)43(33-19-18-28-10-4-5-13-30(28)24-33)34-20-23-41-39(27-34)38-25-31-14-6-7-15-32(31)26-42(38)44-41/h1-27H. The number of nitrogens with zero attached hydrogens (tertiary/aromatic N) is 1. The fourth-order valence-electron chi connectivity index (χ4n) is 6.68. The van der Waals surface area contributed by atoms with Crippen LogP contribution in [-0.2, 0) is 0 Å². The highest BCUT2D eigenvalue weighted by molar-refractivity contribution is 6.12. The van der Waals surface area contributed by atoms with Gasteiger partial charge in [-0.2, -0.15) is 0 Å². The molecule has 8 aromatic carbocycles. The van der Waals surface area contributed by atoms with Gasteiger partial charge in [-0.05, 0) is 86.6 Å². The molecule has 0 saturated carbocycles. The third kappa shape index (κ3) is 3.96. The molecule has 44 heavy (non-hydrogen) atoms. The van der Waals surface area contributed by atoms with Crippen molar-refractivity contribution in [1.29, 1.82) is 0 Å². The van der Waals surface area contributed by atoms with E-state index in [1.807, 2.05) is 0 Å². The van der Waals surface area contributed by atoms with Gasteiger partial charge in [-0.1, -0.05) is 115 Å². The number of furan rings is 1. The lowest BCUT2D eigenvalue weighted by molar-refractivity contribution is 0.669. The first-order valence-electron chi connectivity index (χ1n) is 15.0. The lowest BCUT2D eigenvalue weighted by Gasteiger charge is -2.28. The maximum Gasteiger partial charge on any atom is 0.136 e. The first kappa shape index (κ1) is 24.7. The normalized spacial score (nSPS) is 11.6. The summed E-state index contributed by atoms with van der Waals surface area (Å²) in [6.45, 7) is 0. The van der Waals surface area contributed by atoms with Crippen molar-refractivity contribution >= 4 is 71.3 Å². The first-order valence-corrected chi connectivity index (χ1v) is 15.0. The summed E-state index contributed by atoms with van der Waals surface area (Å²) < 4.78 is 6.38. The van der Waals surface area contributed by atoms with E-state index in [2.05, 4.69) is 169 Å². The van der Waals surface area contributed by atoms with Crippen LogP contribution >= 0.6 is 0 Å². The number of rotatable bonds is 4. The molecule has 2 nitrogen and oxygen atoms in total. The summed E-state index contributed by atoms with van der Waals surface area (Å²) in [5, 5.41) is 9.49. The number of hydrogen-bond donors (Lipinski definition) is 0. The van der Waals surface area contributed by atoms with Crippen LogP contribution in [0.5, 0.6) is 0 Å². The Morgan fingerprint density at radius 1 is 0.364 bits per heavy atom. The van der Waals surface area contributed by atoms with Crippen LogP contribution in [0.3, 0.4) is 0 Å². The van der Waals surface area contributed by atoms with E-state index in [0.717, 1.165) is 39.0 Å². The van der Waals surface area contributed by atoms with E-state index in [1.165, 1.54) is 43.4 Å². The van der Waals surface area contributed by atoms with Crippen LogP contribution < -0.4 is 4.90 Å². The Labute approximate surface area is 255 Å². The van der Waals surface area contributed by atoms with Crippen molar-refractivity contribution in [2.45, 2.75) is 0 Å². The molecule has 0 aliphatic rings. The zero-order chi connectivity index (χ0) is 29.0. The SMILES string of the molecule is c1ccc(-c2ccc(N(c3ccc4ccccc4c3)c3ccc4oc5cc6ccccc6cc5c4c3)c3ccccc23)cc1. The smallest absolute Gasteiger partial charge is 0.136 e. The minimum atomic E-state index is 0.891. The van der Waals surface area contributed by atoms with Gasteiger partial charge in [0.05, 0.1) is 5.69 Å². The molecule has 0 radical (unpaired) electrons. The van der Waals surface area contributed by atoms with Gasteiger partial charge in [0.2, 0.25) is 0 Å². The Hall–Kier alpha value is -5.86. The third-order valence-electron chi connectivity index (χ3n) is 8.80. The predicted molar refractivity (Wildman–Crippen MR) is 186 cm³/mol. The van der Waals surface area contributed by atoms with Crippen LogP contribution in [0, 0.1) is 0 Å². The summed E-state index contributed by atoms with van der Waals surface area (Å²) in [6, 6.07) is 58.7. The molecule has 0 N–H and O–H groups in total. The van der Waals surface area contributed by atoms with E-state index in [4.69, 9.17) is 4.42 Å². The molecule has 0 fully saturated rings. The van der Waals surface area contributed by atoms with Crippen molar-refractivity contribution < 1.29 is 4.42 Å². The van der Waals surface area contributed by atoms with Gasteiger partial charge in [0.1, 0.15) is 11.2 Å². The van der Waals surface area contributed by atoms with E-state index in [0.29, 0.717) is 0 Å². The van der Waals surface area contributed by atoms with Gasteiger partial charge in [-0.15, -0.1) is 0 Å². The Morgan fingerprint density at radius 2 is 0.977 bits per heavy atom. The molecule has 1 heterocycles. The topological polar surface area (TPSA) is 16.4 Å². The third-order valence-corrected chi connectivity index (χ3v) is 8.80. The molecule has 9 aromatic rings. The zero-order valence-electron chi connectivity index (χ0n) is 23.9. The fourth-order valence-corrected chi connectivity index (χ4v) is 6.68. The van der Waals surface area contributed by atoms with Crippen molar-refractivity contribution in [1.82, 2.24) is 0 Å². The quantitative estimate of drug-likeness (QED) is 0.212. The Bertz CT molecular complexity index is 2510. The maximum atomic E-state index is 6.38. The molecule has 0 aliphatic heterocycles. The average molecular weight is 562 g/mol. The van der Waals surface area contributed by atoms with Crippen LogP contribution in [0.1, 0.15) is 0 Å². The zero-order valence-corrected chi connectivity index (χ0v) is 23.9. The van der Waals surface area contributed by atoms with Gasteiger partial charge >= 0.3 is 0 Å². The van der Waals surface area contributed by atoms with Gasteiger partial charge < -0.3 is 9.32 Å². The number of hydrogen-bond acceptors (Lipinski definition) is 2. The molecule has 0 aliphatic carbocycles. The van der Waals surface area contributed by atoms with E-state index < -0.39 is 0 Å². The van der Waals surface area contributed by atoms with E-state index >= 15 is 0 Å². The summed E-state index contributed by atoms with van der Waals surface area (Å²) in [7, 11) is 0. The summed E-state index contributed by atoms with van der Waals surface area (Å²) in [5.41, 5.74) is 7.57. The van der Waals surface area contributed by atoms with Crippen molar-refractivity contribution in [2.24, 2.45) is 0 Å². The minimum absolute atomic E-state index is 0.891. The van der Waals surface area contributed by atoms with Crippen molar-refractivity contribution in [3.63, 3.8) is 0 Å². The predicted octanol–water partition coefficient (Wildman–Crippen LogP) is 12.2. The molecule has 9 rings (SSSR count). The van der Waals surface area contributed by atoms with Crippen LogP contribution in [-0.4, -0.2) is 0 Å². The van der Waals surface area contributed by atoms with Gasteiger partial charge in [0, 0.05) is 27.5 Å². The Kier molecular flexibility index (Phi) is 5.54. The van der Waals surface area contributed by atoms with Crippen molar-refractivity contribution in [2.75, 3.05) is 4.90 Å². The van der Waals surface area contributed by atoms with Crippen LogP contribution in [0.4, 0.5) is 17.1 Å². The summed E-state index contributed by atoms with van der Waals surface area (Å²) in [6.07, 6.45) is 0. The van der Waals surface area contributed by atoms with E-state index in [-0.39, 0.29) is 0 Å². The Balaban J connectivity index is 1.31. The molecular formula is C42H27NO. The molecule has 2 heteroatoms. The maximum absolute atomic E-state index is 6.38. The second kappa shape index (κ2) is 9.86. The van der Waals surface area contributed by atoms with Gasteiger partial charge in [0.25, 0.3) is 0 Å². The minimum Gasteiger partial charge on any atom is -0.456 e. The van der Waals surface area contributed by atoms with Crippen LogP contribution in [0.2, 0.25) is 0 Å². The van der Waals surface area contributed by atoms with Gasteiger partial charge in [0.15, 0.2) is 0 Å². The summed E-state index contributed by atoms with van der Waals surface area (Å²) in [5.74, 6) is 0. The molecule has 0 unspecified atom stereocenters. The highest BCUT2D eigenvalue weighted by Gasteiger charge is 2.19. The molecule has 206 valence electrons. The van der Waals surface area contributed by atoms with Crippen molar-refractivity contribution in [3.8, 4) is 11.1 Å². The average Bonchev–Trinajstić information content (AvgIpc) is 3.44. The van der Waals surface area contributed by atoms with Crippen LogP contribution in [0.25, 0.3) is 65.4 Å². The highest BCUT2D eigenvalue weighted by atomic mass is 16.3. The molecule has 0 spiro atoms. The summed E-state index contributed by atoms with van der Waals surface area (Å²) in [4.78, 5) is 2.39. The van der Waals surface area contributed by atoms with E-state index in [1.54, 1.807) is 0 Å². The van der Waals surface area contributed by atoms with Gasteiger partial charge in [-0.25, -0.2) is 0 Å². The monoisotopic (exact) mass is 561 g/mol. The van der Waals surface area contributed by atoms with E-state index in [9.17, 15) is 0 Å². The first-order chi connectivity index (χ1) is 21.8. The molecule has 0 amide bonds. The second-order valence-corrected chi connectivity index (χ2v) is 11.4. The largest absolute Gasteiger partial charge is 0.456 e. The lowest BCUT2D eigenvalue weighted by atomic mass is 9.96. The number of fused-ring (bicyclic) bond motifs is 6. The summed E-state index contributed by atoms with van der Waals surface area (Å²) >= 11 is 0. The molecule has 0 atom stereocenters. The molecular weight excluding hydrogens is 534 g/mol. The number of anilines is 3. The highest BCUT2D eigenvalue weighted by Crippen LogP contribution is 2.44. The fraction of sp³-hybridized carbons (Fsp3) is 0. The van der Waals surface area contributed by atoms with Crippen LogP contribution in [0.15, 0.2) is 168 Å². The lowest BCUT2D eigenvalue weighted by Crippen LogP contribution is -2.10. The molecule has 0 bridgehead atoms.